The molecule has 1 spiro atoms. The third-order valence-electron chi connectivity index (χ3n) is 10.8. The lowest BCUT2D eigenvalue weighted by atomic mass is 9.43. The number of fused-ring (bicyclic) bond motifs is 3. The molecule has 1 N–H and O–H groups in total. The van der Waals surface area contributed by atoms with Gasteiger partial charge in [-0.25, -0.2) is 0 Å². The van der Waals surface area contributed by atoms with Crippen molar-refractivity contribution in [3.63, 3.8) is 0 Å². The van der Waals surface area contributed by atoms with E-state index in [9.17, 15) is 19.5 Å². The van der Waals surface area contributed by atoms with E-state index in [-0.39, 0.29) is 37.2 Å². The van der Waals surface area contributed by atoms with Crippen molar-refractivity contribution in [1.82, 2.24) is 4.90 Å². The Morgan fingerprint density at radius 3 is 2.35 bits per heavy atom. The molecular formula is C29H43NO10. The first-order valence-electron chi connectivity index (χ1n) is 14.1. The molecule has 11 atom stereocenters. The molecule has 40 heavy (non-hydrogen) atoms. The first kappa shape index (κ1) is 29.6. The average molecular weight is 566 g/mol. The smallest absolute Gasteiger partial charge is 0.307 e. The summed E-state index contributed by atoms with van der Waals surface area (Å²) < 4.78 is 35.7. The van der Waals surface area contributed by atoms with E-state index < -0.39 is 64.6 Å². The fraction of sp³-hybridized carbons (Fsp3) is 0.828. The minimum atomic E-state index is -1.58. The van der Waals surface area contributed by atoms with Crippen LogP contribution in [-0.4, -0.2) is 112 Å². The van der Waals surface area contributed by atoms with Gasteiger partial charge in [-0.1, -0.05) is 6.92 Å². The largest absolute Gasteiger partial charge is 0.462 e. The van der Waals surface area contributed by atoms with Gasteiger partial charge in [-0.05, 0) is 6.54 Å². The molecule has 7 bridgehead atoms. The maximum Gasteiger partial charge on any atom is 0.307 e. The fourth-order valence-electron chi connectivity index (χ4n) is 9.95. The zero-order valence-corrected chi connectivity index (χ0v) is 24.5. The Bertz CT molecular complexity index is 1080. The van der Waals surface area contributed by atoms with Gasteiger partial charge in [0, 0.05) is 108 Å². The molecule has 0 amide bonds. The molecule has 11 heteroatoms. The normalized spacial score (nSPS) is 46.7. The second-order valence-corrected chi connectivity index (χ2v) is 12.2. The second kappa shape index (κ2) is 10.4. The molecule has 5 rings (SSSR count). The van der Waals surface area contributed by atoms with Crippen LogP contribution in [0.15, 0.2) is 11.8 Å². The van der Waals surface area contributed by atoms with Crippen molar-refractivity contribution in [2.45, 2.75) is 76.1 Å². The van der Waals surface area contributed by atoms with Gasteiger partial charge in [-0.3, -0.25) is 19.3 Å². The lowest BCUT2D eigenvalue weighted by molar-refractivity contribution is -0.275. The number of nitrogens with zero attached hydrogens (tertiary/aromatic N) is 1. The number of likely N-dealkylation sites (tertiary alicyclic amines) is 1. The highest BCUT2D eigenvalue weighted by atomic mass is 16.6. The number of esters is 2. The van der Waals surface area contributed by atoms with Crippen molar-refractivity contribution in [1.29, 1.82) is 0 Å². The van der Waals surface area contributed by atoms with Crippen molar-refractivity contribution in [2.24, 2.45) is 28.6 Å². The summed E-state index contributed by atoms with van der Waals surface area (Å²) in [6.45, 7) is 6.27. The topological polar surface area (TPSA) is 130 Å². The molecule has 0 aromatic heterocycles. The summed E-state index contributed by atoms with van der Waals surface area (Å²) in [6.07, 6.45) is -0.508. The highest BCUT2D eigenvalue weighted by Gasteiger charge is 2.85. The molecule has 4 aliphatic carbocycles. The number of carbonyl (C=O) groups is 3. The van der Waals surface area contributed by atoms with Gasteiger partial charge in [0.2, 0.25) is 0 Å². The maximum atomic E-state index is 13.7. The monoisotopic (exact) mass is 565 g/mol. The lowest BCUT2D eigenvalue weighted by Gasteiger charge is -2.69. The van der Waals surface area contributed by atoms with E-state index in [4.69, 9.17) is 28.4 Å². The van der Waals surface area contributed by atoms with Crippen LogP contribution in [-0.2, 0) is 42.8 Å². The number of aliphatic hydroxyl groups is 1. The summed E-state index contributed by atoms with van der Waals surface area (Å²) in [5, 5.41) is 12.9. The van der Waals surface area contributed by atoms with Gasteiger partial charge in [0.25, 0.3) is 0 Å². The van der Waals surface area contributed by atoms with Crippen LogP contribution < -0.4 is 0 Å². The standard InChI is InChI=1S/C29H43NO10/c1-8-30-13-27(14-35-4)21(40-16(3)32)10-22(37-6)29-17-9-19(33)20(36-5)11-28(34,18(17)12-39-15(2)31)23(26(29)30)24(38-7)25(27)29/h12,17,20-26,34H,8-11,13-14H2,1-7H3/b18-12+/t17-,20+,21-,22+,23+,24+,25-,26-,27+,28-,29+/m1/s1. The Balaban J connectivity index is 1.86. The maximum absolute atomic E-state index is 13.7. The molecule has 0 aromatic rings. The molecule has 4 saturated carbocycles. The van der Waals surface area contributed by atoms with Crippen molar-refractivity contribution < 1.29 is 47.9 Å². The molecule has 5 aliphatic rings. The number of carbonyl (C=O) groups excluding carboxylic acids is 3. The Morgan fingerprint density at radius 2 is 1.80 bits per heavy atom. The van der Waals surface area contributed by atoms with Crippen LogP contribution in [0, 0.1) is 28.6 Å². The van der Waals surface area contributed by atoms with Gasteiger partial charge in [-0.2, -0.15) is 0 Å². The van der Waals surface area contributed by atoms with Crippen LogP contribution in [0.2, 0.25) is 0 Å². The number of methoxy groups -OCH3 is 4. The van der Waals surface area contributed by atoms with E-state index >= 15 is 0 Å². The van der Waals surface area contributed by atoms with E-state index in [1.807, 2.05) is 0 Å². The number of hydrogen-bond acceptors (Lipinski definition) is 11. The first-order chi connectivity index (χ1) is 19.0. The SMILES string of the molecule is CCN1C[C@@]2(COC)[C@H]3[C@@H](OC)[C@H]4[C@@H]1[C@]3([C@@H](OC)C[C@H]2OC(C)=O)[C@@H]1CC(=O)[C@@H](OC)C[C@@]4(O)/C1=C/OC(C)=O. The highest BCUT2D eigenvalue weighted by molar-refractivity contribution is 5.85. The predicted molar refractivity (Wildman–Crippen MR) is 140 cm³/mol. The molecule has 1 heterocycles. The quantitative estimate of drug-likeness (QED) is 0.336. The average Bonchev–Trinajstić information content (AvgIpc) is 3.05. The van der Waals surface area contributed by atoms with E-state index in [1.54, 1.807) is 21.3 Å². The lowest BCUT2D eigenvalue weighted by Crippen LogP contribution is -2.77. The van der Waals surface area contributed by atoms with Gasteiger partial charge in [0.15, 0.2) is 5.78 Å². The molecule has 0 radical (unpaired) electrons. The van der Waals surface area contributed by atoms with Gasteiger partial charge < -0.3 is 33.5 Å². The Kier molecular flexibility index (Phi) is 7.72. The van der Waals surface area contributed by atoms with E-state index in [2.05, 4.69) is 11.8 Å². The molecule has 1 aliphatic heterocycles. The van der Waals surface area contributed by atoms with Crippen molar-refractivity contribution in [3.05, 3.63) is 11.8 Å². The third kappa shape index (κ3) is 3.74. The Labute approximate surface area is 235 Å². The Morgan fingerprint density at radius 1 is 1.07 bits per heavy atom. The van der Waals surface area contributed by atoms with Gasteiger partial charge in [-0.15, -0.1) is 0 Å². The summed E-state index contributed by atoms with van der Waals surface area (Å²) >= 11 is 0. The van der Waals surface area contributed by atoms with E-state index in [0.29, 0.717) is 25.1 Å². The summed E-state index contributed by atoms with van der Waals surface area (Å²) in [7, 11) is 6.39. The minimum Gasteiger partial charge on any atom is -0.462 e. The Hall–Kier alpha value is -1.89. The molecule has 5 fully saturated rings. The summed E-state index contributed by atoms with van der Waals surface area (Å²) in [5.74, 6) is -2.41. The molecular weight excluding hydrogens is 522 g/mol. The third-order valence-corrected chi connectivity index (χ3v) is 10.8. The van der Waals surface area contributed by atoms with E-state index in [1.165, 1.54) is 27.2 Å². The van der Waals surface area contributed by atoms with Crippen LogP contribution >= 0.6 is 0 Å². The van der Waals surface area contributed by atoms with Gasteiger partial charge in [0.05, 0.1) is 30.7 Å². The van der Waals surface area contributed by atoms with Crippen molar-refractivity contribution >= 4 is 17.7 Å². The van der Waals surface area contributed by atoms with Crippen LogP contribution in [0.3, 0.4) is 0 Å². The molecule has 224 valence electrons. The minimum absolute atomic E-state index is 0.00954. The number of hydrogen-bond donors (Lipinski definition) is 1. The number of rotatable bonds is 8. The fourth-order valence-corrected chi connectivity index (χ4v) is 9.95. The molecule has 11 nitrogen and oxygen atoms in total. The van der Waals surface area contributed by atoms with Crippen molar-refractivity contribution in [2.75, 3.05) is 48.1 Å². The van der Waals surface area contributed by atoms with E-state index in [0.717, 1.165) is 0 Å². The van der Waals surface area contributed by atoms with Gasteiger partial charge >= 0.3 is 11.9 Å². The first-order valence-corrected chi connectivity index (χ1v) is 14.1. The summed E-state index contributed by atoms with van der Waals surface area (Å²) in [4.78, 5) is 40.5. The number of Topliss-reactive ketones (excluding diaryl/α,β-unsaturated/α-hetero) is 1. The van der Waals surface area contributed by atoms with Crippen LogP contribution in [0.1, 0.15) is 40.0 Å². The highest BCUT2D eigenvalue weighted by Crippen LogP contribution is 2.76. The zero-order chi connectivity index (χ0) is 29.2. The second-order valence-electron chi connectivity index (χ2n) is 12.2. The predicted octanol–water partition coefficient (Wildman–Crippen LogP) is 1.11. The summed E-state index contributed by atoms with van der Waals surface area (Å²) in [6, 6.07) is -0.228. The van der Waals surface area contributed by atoms with Gasteiger partial charge in [0.1, 0.15) is 12.2 Å². The number of piperidine rings is 1. The van der Waals surface area contributed by atoms with Crippen molar-refractivity contribution in [3.8, 4) is 0 Å². The van der Waals surface area contributed by atoms with Crippen LogP contribution in [0.25, 0.3) is 0 Å². The number of ketones is 1. The number of ether oxygens (including phenoxy) is 6. The molecule has 0 unspecified atom stereocenters. The molecule has 0 aromatic carbocycles. The summed E-state index contributed by atoms with van der Waals surface area (Å²) in [5.41, 5.74) is -2.54. The van der Waals surface area contributed by atoms with Crippen LogP contribution in [0.4, 0.5) is 0 Å². The van der Waals surface area contributed by atoms with Crippen LogP contribution in [0.5, 0.6) is 0 Å². The molecule has 1 saturated heterocycles. The zero-order valence-electron chi connectivity index (χ0n) is 24.5.